The lowest BCUT2D eigenvalue weighted by molar-refractivity contribution is -0.150. The van der Waals surface area contributed by atoms with Crippen molar-refractivity contribution in [1.82, 2.24) is 0 Å². The van der Waals surface area contributed by atoms with Gasteiger partial charge >= 0.3 is 5.97 Å². The smallest absolute Gasteiger partial charge is 0.342 e. The van der Waals surface area contributed by atoms with E-state index in [1.54, 1.807) is 19.9 Å². The van der Waals surface area contributed by atoms with Crippen molar-refractivity contribution in [2.75, 3.05) is 6.61 Å². The lowest BCUT2D eigenvalue weighted by Gasteiger charge is -2.12. The molecular weight excluding hydrogens is 249 g/mol. The van der Waals surface area contributed by atoms with Crippen molar-refractivity contribution in [2.45, 2.75) is 33.0 Å². The molecule has 0 radical (unpaired) electrons. The summed E-state index contributed by atoms with van der Waals surface area (Å²) in [4.78, 5) is 11.1. The lowest BCUT2D eigenvalue weighted by atomic mass is 10.1. The van der Waals surface area contributed by atoms with Crippen LogP contribution in [0.5, 0.6) is 0 Å². The summed E-state index contributed by atoms with van der Waals surface area (Å²) in [7, 11) is 0. The summed E-state index contributed by atoms with van der Waals surface area (Å²) in [6, 6.07) is 0.512. The van der Waals surface area contributed by atoms with Crippen molar-refractivity contribution in [3.63, 3.8) is 0 Å². The van der Waals surface area contributed by atoms with Gasteiger partial charge in [0.25, 0.3) is 0 Å². The van der Waals surface area contributed by atoms with Crippen molar-refractivity contribution in [1.29, 1.82) is 0 Å². The second-order valence-corrected chi connectivity index (χ2v) is 3.57. The molecule has 0 aliphatic carbocycles. The Bertz CT molecular complexity index is 361. The van der Waals surface area contributed by atoms with Crippen LogP contribution in [-0.2, 0) is 9.53 Å². The zero-order chi connectivity index (χ0) is 12.3. The standard InChI is InChI=1S/C11H16FNO3.ClH/c1-4-15-11(14)9(12)10(13)8-5-6(2)7(3)16-8;/h5,9-10H,4,13H2,1-3H3;1H/t9?,10-;/m1./s1. The molecule has 1 heterocycles. The number of carbonyl (C=O) groups is 1. The number of alkyl halides is 1. The number of hydrogen-bond acceptors (Lipinski definition) is 4. The Morgan fingerprint density at radius 1 is 1.59 bits per heavy atom. The average molecular weight is 266 g/mol. The molecule has 17 heavy (non-hydrogen) atoms. The Balaban J connectivity index is 0.00000256. The third-order valence-electron chi connectivity index (χ3n) is 2.34. The predicted octanol–water partition coefficient (Wildman–Crippen LogP) is 2.22. The van der Waals surface area contributed by atoms with E-state index < -0.39 is 18.2 Å². The van der Waals surface area contributed by atoms with E-state index in [2.05, 4.69) is 4.74 Å². The Labute approximate surface area is 106 Å². The summed E-state index contributed by atoms with van der Waals surface area (Å²) in [5.74, 6) is -0.0289. The van der Waals surface area contributed by atoms with E-state index in [1.807, 2.05) is 6.92 Å². The van der Waals surface area contributed by atoms with Crippen LogP contribution in [-0.4, -0.2) is 18.7 Å². The Hall–Kier alpha value is -1.07. The fourth-order valence-corrected chi connectivity index (χ4v) is 1.28. The minimum Gasteiger partial charge on any atom is -0.464 e. The molecule has 0 bridgehead atoms. The average Bonchev–Trinajstić information content (AvgIpc) is 2.57. The maximum atomic E-state index is 13.5. The van der Waals surface area contributed by atoms with E-state index in [9.17, 15) is 9.18 Å². The summed E-state index contributed by atoms with van der Waals surface area (Å²) in [5.41, 5.74) is 6.46. The third-order valence-corrected chi connectivity index (χ3v) is 2.34. The number of ether oxygens (including phenoxy) is 1. The van der Waals surface area contributed by atoms with Gasteiger partial charge in [-0.05, 0) is 32.4 Å². The number of halogens is 2. The van der Waals surface area contributed by atoms with Gasteiger partial charge in [-0.15, -0.1) is 12.4 Å². The summed E-state index contributed by atoms with van der Waals surface area (Å²) in [5, 5.41) is 0. The van der Waals surface area contributed by atoms with Gasteiger partial charge in [-0.1, -0.05) is 0 Å². The summed E-state index contributed by atoms with van der Waals surface area (Å²) >= 11 is 0. The van der Waals surface area contributed by atoms with E-state index in [4.69, 9.17) is 10.2 Å². The molecule has 98 valence electrons. The normalized spacial score (nSPS) is 13.7. The highest BCUT2D eigenvalue weighted by Gasteiger charge is 2.30. The van der Waals surface area contributed by atoms with Crippen LogP contribution in [0.4, 0.5) is 4.39 Å². The maximum absolute atomic E-state index is 13.5. The molecule has 0 fully saturated rings. The first-order valence-corrected chi connectivity index (χ1v) is 5.10. The highest BCUT2D eigenvalue weighted by Crippen LogP contribution is 2.23. The molecule has 0 aromatic carbocycles. The van der Waals surface area contributed by atoms with Gasteiger partial charge in [0.15, 0.2) is 0 Å². The number of hydrogen-bond donors (Lipinski definition) is 1. The first kappa shape index (κ1) is 15.9. The zero-order valence-electron chi connectivity index (χ0n) is 10.0. The van der Waals surface area contributed by atoms with Crippen molar-refractivity contribution in [2.24, 2.45) is 5.73 Å². The molecular formula is C11H17ClFNO3. The van der Waals surface area contributed by atoms with Gasteiger partial charge in [0.05, 0.1) is 6.61 Å². The van der Waals surface area contributed by atoms with Gasteiger partial charge in [0.2, 0.25) is 6.17 Å². The Morgan fingerprint density at radius 3 is 2.59 bits per heavy atom. The van der Waals surface area contributed by atoms with E-state index in [1.165, 1.54) is 0 Å². The maximum Gasteiger partial charge on any atom is 0.342 e. The largest absolute Gasteiger partial charge is 0.464 e. The predicted molar refractivity (Wildman–Crippen MR) is 63.9 cm³/mol. The summed E-state index contributed by atoms with van der Waals surface area (Å²) in [6.07, 6.45) is -1.90. The van der Waals surface area contributed by atoms with Crippen molar-refractivity contribution in [3.8, 4) is 0 Å². The minimum atomic E-state index is -1.90. The second kappa shape index (κ2) is 6.61. The second-order valence-electron chi connectivity index (χ2n) is 3.57. The molecule has 6 heteroatoms. The molecule has 1 aromatic rings. The molecule has 1 aromatic heterocycles. The van der Waals surface area contributed by atoms with Crippen LogP contribution >= 0.6 is 12.4 Å². The van der Waals surface area contributed by atoms with Crippen LogP contribution < -0.4 is 5.73 Å². The number of furan rings is 1. The van der Waals surface area contributed by atoms with E-state index in [0.29, 0.717) is 5.76 Å². The molecule has 0 saturated heterocycles. The van der Waals surface area contributed by atoms with Gasteiger partial charge in [-0.2, -0.15) is 0 Å². The van der Waals surface area contributed by atoms with Crippen LogP contribution in [0, 0.1) is 13.8 Å². The van der Waals surface area contributed by atoms with Crippen molar-refractivity contribution in [3.05, 3.63) is 23.2 Å². The fourth-order valence-electron chi connectivity index (χ4n) is 1.28. The van der Waals surface area contributed by atoms with E-state index >= 15 is 0 Å². The van der Waals surface area contributed by atoms with Gasteiger partial charge in [0, 0.05) is 0 Å². The van der Waals surface area contributed by atoms with Crippen molar-refractivity contribution < 1.29 is 18.3 Å². The van der Waals surface area contributed by atoms with Gasteiger partial charge in [-0.3, -0.25) is 0 Å². The number of rotatable bonds is 4. The topological polar surface area (TPSA) is 65.5 Å². The van der Waals surface area contributed by atoms with E-state index in [0.717, 1.165) is 5.56 Å². The molecule has 2 N–H and O–H groups in total. The third kappa shape index (κ3) is 3.71. The van der Waals surface area contributed by atoms with Crippen LogP contribution in [0.15, 0.2) is 10.5 Å². The molecule has 0 aliphatic heterocycles. The Kier molecular flexibility index (Phi) is 6.20. The summed E-state index contributed by atoms with van der Waals surface area (Å²) in [6.45, 7) is 5.31. The molecule has 1 rings (SSSR count). The molecule has 4 nitrogen and oxygen atoms in total. The number of carbonyl (C=O) groups excluding carboxylic acids is 1. The highest BCUT2D eigenvalue weighted by atomic mass is 35.5. The molecule has 0 spiro atoms. The van der Waals surface area contributed by atoms with Crippen LogP contribution in [0.3, 0.4) is 0 Å². The van der Waals surface area contributed by atoms with Gasteiger partial charge in [-0.25, -0.2) is 9.18 Å². The van der Waals surface area contributed by atoms with Crippen LogP contribution in [0.25, 0.3) is 0 Å². The fraction of sp³-hybridized carbons (Fsp3) is 0.545. The summed E-state index contributed by atoms with van der Waals surface area (Å²) < 4.78 is 23.3. The first-order chi connectivity index (χ1) is 7.47. The molecule has 2 atom stereocenters. The van der Waals surface area contributed by atoms with Gasteiger partial charge < -0.3 is 14.9 Å². The van der Waals surface area contributed by atoms with Gasteiger partial charge in [0.1, 0.15) is 17.6 Å². The first-order valence-electron chi connectivity index (χ1n) is 5.10. The molecule has 0 aliphatic rings. The monoisotopic (exact) mass is 265 g/mol. The SMILES string of the molecule is CCOC(=O)C(F)[C@H](N)c1cc(C)c(C)o1.Cl. The Morgan fingerprint density at radius 2 is 2.18 bits per heavy atom. The molecule has 0 saturated carbocycles. The van der Waals surface area contributed by atoms with Crippen molar-refractivity contribution >= 4 is 18.4 Å². The van der Waals surface area contributed by atoms with Crippen LogP contribution in [0.2, 0.25) is 0 Å². The zero-order valence-corrected chi connectivity index (χ0v) is 10.8. The number of aryl methyl sites for hydroxylation is 2. The minimum absolute atomic E-state index is 0. The number of esters is 1. The number of nitrogens with two attached hydrogens (primary N) is 1. The molecule has 1 unspecified atom stereocenters. The lowest BCUT2D eigenvalue weighted by Crippen LogP contribution is -2.31. The molecule has 0 amide bonds. The van der Waals surface area contributed by atoms with E-state index in [-0.39, 0.29) is 24.8 Å². The van der Waals surface area contributed by atoms with Crippen LogP contribution in [0.1, 0.15) is 30.0 Å². The highest BCUT2D eigenvalue weighted by molar-refractivity contribution is 5.85. The quantitative estimate of drug-likeness (QED) is 0.848.